The minimum Gasteiger partial charge on any atom is -0.393 e. The van der Waals surface area contributed by atoms with Crippen LogP contribution >= 0.6 is 0 Å². The van der Waals surface area contributed by atoms with Gasteiger partial charge in [-0.15, -0.1) is 0 Å². The molecule has 2 heteroatoms. The Morgan fingerprint density at radius 1 is 1.00 bits per heavy atom. The number of fused-ring (bicyclic) bond motifs is 1. The monoisotopic (exact) mass is 238 g/mol. The molecule has 0 aromatic carbocycles. The molecule has 0 saturated heterocycles. The van der Waals surface area contributed by atoms with Crippen molar-refractivity contribution in [2.75, 3.05) is 0 Å². The molecule has 2 bridgehead atoms. The Balaban J connectivity index is 2.03. The molecular formula is C15H26O2. The maximum atomic E-state index is 10.6. The maximum absolute atomic E-state index is 10.6. The third-order valence-electron chi connectivity index (χ3n) is 6.24. The van der Waals surface area contributed by atoms with Gasteiger partial charge >= 0.3 is 0 Å². The molecule has 3 aliphatic rings. The van der Waals surface area contributed by atoms with Crippen LogP contribution in [-0.4, -0.2) is 22.4 Å². The number of hydrogen-bond acceptors (Lipinski definition) is 2. The van der Waals surface area contributed by atoms with Crippen molar-refractivity contribution < 1.29 is 10.2 Å². The van der Waals surface area contributed by atoms with Gasteiger partial charge in [-0.25, -0.2) is 0 Å². The van der Waals surface area contributed by atoms with E-state index in [1.54, 1.807) is 0 Å². The highest BCUT2D eigenvalue weighted by Gasteiger charge is 2.64. The molecule has 5 atom stereocenters. The van der Waals surface area contributed by atoms with Crippen molar-refractivity contribution in [2.24, 2.45) is 22.2 Å². The lowest BCUT2D eigenvalue weighted by molar-refractivity contribution is -0.125. The molecule has 98 valence electrons. The van der Waals surface area contributed by atoms with Crippen LogP contribution in [0.1, 0.15) is 59.3 Å². The highest BCUT2D eigenvalue weighted by atomic mass is 16.3. The Morgan fingerprint density at radius 2 is 1.71 bits per heavy atom. The second kappa shape index (κ2) is 3.27. The summed E-state index contributed by atoms with van der Waals surface area (Å²) < 4.78 is 0. The van der Waals surface area contributed by atoms with Gasteiger partial charge in [0.05, 0.1) is 12.2 Å². The normalized spacial score (nSPS) is 56.6. The fraction of sp³-hybridized carbons (Fsp3) is 1.00. The van der Waals surface area contributed by atoms with Crippen molar-refractivity contribution in [1.82, 2.24) is 0 Å². The van der Waals surface area contributed by atoms with E-state index < -0.39 is 0 Å². The second-order valence-electron chi connectivity index (χ2n) is 7.99. The first-order valence-electron chi connectivity index (χ1n) is 7.15. The summed E-state index contributed by atoms with van der Waals surface area (Å²) in [6.45, 7) is 6.64. The quantitative estimate of drug-likeness (QED) is 0.681. The first kappa shape index (κ1) is 12.0. The molecule has 0 radical (unpaired) electrons. The molecule has 2 nitrogen and oxygen atoms in total. The predicted octanol–water partition coefficient (Wildman–Crippen LogP) is 2.72. The van der Waals surface area contributed by atoms with E-state index in [9.17, 15) is 10.2 Å². The Bertz CT molecular complexity index is 338. The van der Waals surface area contributed by atoms with Gasteiger partial charge in [0.25, 0.3) is 0 Å². The smallest absolute Gasteiger partial charge is 0.0600 e. The summed E-state index contributed by atoms with van der Waals surface area (Å²) in [5, 5.41) is 21.0. The number of aliphatic hydroxyl groups excluding tert-OH is 2. The van der Waals surface area contributed by atoms with Crippen LogP contribution < -0.4 is 0 Å². The summed E-state index contributed by atoms with van der Waals surface area (Å²) in [6.07, 6.45) is 6.39. The van der Waals surface area contributed by atoms with E-state index in [0.29, 0.717) is 11.3 Å². The first-order chi connectivity index (χ1) is 7.79. The standard InChI is InChI=1S/C15H26O2/c1-13(2)11(17)8-15-6-4-5-14(3,9-15)7-10(16)12(13)15/h10-12,16-17H,4-9H2,1-3H3/t10-,11?,12?,14-,15+/m1/s1. The lowest BCUT2D eigenvalue weighted by Gasteiger charge is -2.56. The molecule has 2 N–H and O–H groups in total. The average Bonchev–Trinajstić information content (AvgIpc) is 2.31. The van der Waals surface area contributed by atoms with Crippen LogP contribution in [0.25, 0.3) is 0 Å². The lowest BCUT2D eigenvalue weighted by atomic mass is 9.49. The minimum absolute atomic E-state index is 0.113. The van der Waals surface area contributed by atoms with Crippen LogP contribution in [0.3, 0.4) is 0 Å². The van der Waals surface area contributed by atoms with Crippen LogP contribution in [0.2, 0.25) is 0 Å². The van der Waals surface area contributed by atoms with Crippen molar-refractivity contribution in [2.45, 2.75) is 71.5 Å². The van der Waals surface area contributed by atoms with Crippen LogP contribution in [0.5, 0.6) is 0 Å². The topological polar surface area (TPSA) is 40.5 Å². The molecule has 17 heavy (non-hydrogen) atoms. The van der Waals surface area contributed by atoms with E-state index in [1.165, 1.54) is 25.7 Å². The summed E-state index contributed by atoms with van der Waals surface area (Å²) in [4.78, 5) is 0. The summed E-state index contributed by atoms with van der Waals surface area (Å²) in [6, 6.07) is 0. The third-order valence-corrected chi connectivity index (χ3v) is 6.24. The van der Waals surface area contributed by atoms with Gasteiger partial charge in [-0.1, -0.05) is 27.2 Å². The van der Waals surface area contributed by atoms with E-state index in [4.69, 9.17) is 0 Å². The Hall–Kier alpha value is -0.0800. The highest BCUT2D eigenvalue weighted by Crippen LogP contribution is 2.68. The lowest BCUT2D eigenvalue weighted by Crippen LogP contribution is -2.52. The summed E-state index contributed by atoms with van der Waals surface area (Å²) in [5.41, 5.74) is 0.444. The van der Waals surface area contributed by atoms with E-state index in [0.717, 1.165) is 12.8 Å². The van der Waals surface area contributed by atoms with Gasteiger partial charge in [-0.05, 0) is 54.3 Å². The Morgan fingerprint density at radius 3 is 2.41 bits per heavy atom. The molecule has 3 saturated carbocycles. The molecule has 2 unspecified atom stereocenters. The fourth-order valence-electron chi connectivity index (χ4n) is 5.81. The van der Waals surface area contributed by atoms with Gasteiger partial charge in [-0.3, -0.25) is 0 Å². The molecule has 1 spiro atoms. The van der Waals surface area contributed by atoms with Crippen LogP contribution in [-0.2, 0) is 0 Å². The fourth-order valence-corrected chi connectivity index (χ4v) is 5.81. The SMILES string of the molecule is CC1(C)C(O)C[C@]23CCC[C@](C)(C[C@@H](O)C12)C3. The van der Waals surface area contributed by atoms with Crippen molar-refractivity contribution >= 4 is 0 Å². The van der Waals surface area contributed by atoms with Gasteiger partial charge in [0.1, 0.15) is 0 Å². The van der Waals surface area contributed by atoms with Crippen molar-refractivity contribution in [1.29, 1.82) is 0 Å². The minimum atomic E-state index is -0.234. The molecule has 0 heterocycles. The van der Waals surface area contributed by atoms with Crippen molar-refractivity contribution in [3.8, 4) is 0 Å². The summed E-state index contributed by atoms with van der Waals surface area (Å²) >= 11 is 0. The Labute approximate surface area is 104 Å². The molecule has 3 aliphatic carbocycles. The zero-order valence-corrected chi connectivity index (χ0v) is 11.4. The summed E-state index contributed by atoms with van der Waals surface area (Å²) in [5.74, 6) is 0.304. The first-order valence-corrected chi connectivity index (χ1v) is 7.15. The van der Waals surface area contributed by atoms with Crippen LogP contribution in [0.15, 0.2) is 0 Å². The van der Waals surface area contributed by atoms with Gasteiger partial charge < -0.3 is 10.2 Å². The van der Waals surface area contributed by atoms with Gasteiger partial charge in [-0.2, -0.15) is 0 Å². The second-order valence-corrected chi connectivity index (χ2v) is 7.99. The number of aliphatic hydroxyl groups is 2. The predicted molar refractivity (Wildman–Crippen MR) is 67.5 cm³/mol. The zero-order chi connectivity index (χ0) is 12.5. The van der Waals surface area contributed by atoms with E-state index in [1.807, 2.05) is 0 Å². The third kappa shape index (κ3) is 1.46. The largest absolute Gasteiger partial charge is 0.393 e. The van der Waals surface area contributed by atoms with Crippen molar-refractivity contribution in [3.05, 3.63) is 0 Å². The summed E-state index contributed by atoms with van der Waals surface area (Å²) in [7, 11) is 0. The molecule has 0 aliphatic heterocycles. The number of hydrogen-bond donors (Lipinski definition) is 2. The molecule has 3 rings (SSSR count). The molecule has 3 fully saturated rings. The zero-order valence-electron chi connectivity index (χ0n) is 11.4. The van der Waals surface area contributed by atoms with Gasteiger partial charge in [0, 0.05) is 0 Å². The maximum Gasteiger partial charge on any atom is 0.0600 e. The molecule has 0 amide bonds. The highest BCUT2D eigenvalue weighted by molar-refractivity contribution is 5.14. The Kier molecular flexibility index (Phi) is 2.30. The van der Waals surface area contributed by atoms with Crippen LogP contribution in [0, 0.1) is 22.2 Å². The van der Waals surface area contributed by atoms with Crippen molar-refractivity contribution in [3.63, 3.8) is 0 Å². The molecular weight excluding hydrogens is 212 g/mol. The van der Waals surface area contributed by atoms with E-state index in [-0.39, 0.29) is 23.0 Å². The van der Waals surface area contributed by atoms with E-state index in [2.05, 4.69) is 20.8 Å². The average molecular weight is 238 g/mol. The van der Waals surface area contributed by atoms with Crippen LogP contribution in [0.4, 0.5) is 0 Å². The van der Waals surface area contributed by atoms with Gasteiger partial charge in [0.2, 0.25) is 0 Å². The molecule has 0 aromatic rings. The number of rotatable bonds is 0. The van der Waals surface area contributed by atoms with E-state index >= 15 is 0 Å². The molecule has 0 aromatic heterocycles. The van der Waals surface area contributed by atoms with Gasteiger partial charge in [0.15, 0.2) is 0 Å².